The predicted molar refractivity (Wildman–Crippen MR) is 76.6 cm³/mol. The van der Waals surface area contributed by atoms with E-state index in [1.807, 2.05) is 6.07 Å². The zero-order valence-electron chi connectivity index (χ0n) is 8.36. The maximum absolute atomic E-state index is 11.4. The summed E-state index contributed by atoms with van der Waals surface area (Å²) < 4.78 is 3.73. The summed E-state index contributed by atoms with van der Waals surface area (Å²) in [6.07, 6.45) is 1.13. The van der Waals surface area contributed by atoms with Gasteiger partial charge in [-0.25, -0.2) is 9.64 Å². The largest absolute Gasteiger partial charge is 0.444 e. The summed E-state index contributed by atoms with van der Waals surface area (Å²) in [5, 5.41) is 0. The summed E-state index contributed by atoms with van der Waals surface area (Å²) in [5.74, 6) is -0.602. The van der Waals surface area contributed by atoms with E-state index in [-0.39, 0.29) is 5.70 Å². The molecule has 1 aromatic rings. The average Bonchev–Trinajstić information content (AvgIpc) is 2.29. The SMILES string of the molecule is [C-]#[N+]/C(=C/OC(=O)C(Br)(Br)Br)c1ccccc1. The van der Waals surface area contributed by atoms with Gasteiger partial charge in [-0.3, -0.25) is 0 Å². The van der Waals surface area contributed by atoms with E-state index in [2.05, 4.69) is 52.6 Å². The molecule has 0 heterocycles. The molecule has 0 spiro atoms. The van der Waals surface area contributed by atoms with Gasteiger partial charge < -0.3 is 4.74 Å². The molecule has 0 aromatic heterocycles. The third kappa shape index (κ3) is 4.62. The van der Waals surface area contributed by atoms with E-state index in [0.717, 1.165) is 6.26 Å². The molecule has 0 unspecified atom stereocenters. The molecule has 0 fully saturated rings. The van der Waals surface area contributed by atoms with Gasteiger partial charge in [0.05, 0.1) is 6.57 Å². The summed E-state index contributed by atoms with van der Waals surface area (Å²) in [6, 6.07) is 8.99. The minimum Gasteiger partial charge on any atom is -0.444 e. The van der Waals surface area contributed by atoms with Crippen molar-refractivity contribution in [2.24, 2.45) is 0 Å². The first-order chi connectivity index (χ1) is 7.95. The van der Waals surface area contributed by atoms with Crippen LogP contribution in [0.15, 0.2) is 36.6 Å². The standard InChI is InChI=1S/C11H6Br3NO2/c1-15-9(8-5-3-2-4-6-8)7-17-10(16)11(12,13)14/h2-7H/b9-7+. The monoisotopic (exact) mass is 421 g/mol. The van der Waals surface area contributed by atoms with E-state index in [1.165, 1.54) is 0 Å². The van der Waals surface area contributed by atoms with Gasteiger partial charge in [0.15, 0.2) is 0 Å². The zero-order chi connectivity index (χ0) is 12.9. The Hall–Kier alpha value is -0.640. The van der Waals surface area contributed by atoms with Crippen LogP contribution in [0.25, 0.3) is 10.5 Å². The van der Waals surface area contributed by atoms with E-state index < -0.39 is 8.11 Å². The Morgan fingerprint density at radius 2 is 1.88 bits per heavy atom. The Bertz CT molecular complexity index is 472. The Kier molecular flexibility index (Phi) is 5.37. The first kappa shape index (κ1) is 14.4. The van der Waals surface area contributed by atoms with Crippen molar-refractivity contribution in [1.82, 2.24) is 0 Å². The molecular formula is C11H6Br3NO2. The summed E-state index contributed by atoms with van der Waals surface area (Å²) in [4.78, 5) is 14.7. The number of hydrogen-bond acceptors (Lipinski definition) is 2. The van der Waals surface area contributed by atoms with Crippen LogP contribution in [0.5, 0.6) is 0 Å². The van der Waals surface area contributed by atoms with E-state index in [1.54, 1.807) is 24.3 Å². The van der Waals surface area contributed by atoms with E-state index in [0.29, 0.717) is 5.56 Å². The Morgan fingerprint density at radius 1 is 1.29 bits per heavy atom. The highest BCUT2D eigenvalue weighted by molar-refractivity contribution is 9.40. The number of benzene rings is 1. The summed E-state index contributed by atoms with van der Waals surface area (Å²) in [7, 11) is 0. The molecular weight excluding hydrogens is 418 g/mol. The summed E-state index contributed by atoms with van der Waals surface area (Å²) in [6.45, 7) is 7.03. The maximum atomic E-state index is 11.4. The third-order valence-electron chi connectivity index (χ3n) is 1.70. The van der Waals surface area contributed by atoms with Crippen LogP contribution in [0.4, 0.5) is 0 Å². The predicted octanol–water partition coefficient (Wildman–Crippen LogP) is 4.29. The molecule has 0 amide bonds. The maximum Gasteiger partial charge on any atom is 0.348 e. The molecule has 1 aromatic carbocycles. The van der Waals surface area contributed by atoms with Crippen LogP contribution >= 0.6 is 47.8 Å². The number of alkyl halides is 3. The number of rotatable bonds is 2. The van der Waals surface area contributed by atoms with Gasteiger partial charge in [-0.2, -0.15) is 0 Å². The van der Waals surface area contributed by atoms with Gasteiger partial charge >= 0.3 is 5.97 Å². The smallest absolute Gasteiger partial charge is 0.348 e. The lowest BCUT2D eigenvalue weighted by molar-refractivity contribution is -0.135. The molecule has 0 aliphatic rings. The molecule has 6 heteroatoms. The minimum atomic E-state index is -1.13. The van der Waals surface area contributed by atoms with Gasteiger partial charge in [-0.05, 0) is 53.4 Å². The zero-order valence-corrected chi connectivity index (χ0v) is 13.1. The fraction of sp³-hybridized carbons (Fsp3) is 0.0909. The number of hydrogen-bond donors (Lipinski definition) is 0. The highest BCUT2D eigenvalue weighted by Crippen LogP contribution is 2.35. The average molecular weight is 424 g/mol. The Labute approximate surface area is 124 Å². The van der Waals surface area contributed by atoms with Crippen LogP contribution in [-0.4, -0.2) is 8.11 Å². The van der Waals surface area contributed by atoms with Crippen molar-refractivity contribution in [2.75, 3.05) is 0 Å². The highest BCUT2D eigenvalue weighted by Gasteiger charge is 2.30. The van der Waals surface area contributed by atoms with Gasteiger partial charge in [0.25, 0.3) is 0 Å². The Balaban J connectivity index is 2.85. The molecule has 88 valence electrons. The van der Waals surface area contributed by atoms with Crippen LogP contribution in [-0.2, 0) is 9.53 Å². The van der Waals surface area contributed by atoms with Gasteiger partial charge in [0.2, 0.25) is 7.84 Å². The Morgan fingerprint density at radius 3 is 2.35 bits per heavy atom. The molecule has 0 atom stereocenters. The first-order valence-electron chi connectivity index (χ1n) is 4.36. The fourth-order valence-electron chi connectivity index (χ4n) is 0.944. The summed E-state index contributed by atoms with van der Waals surface area (Å²) >= 11 is 9.07. The number of nitrogens with zero attached hydrogens (tertiary/aromatic N) is 1. The van der Waals surface area contributed by atoms with Crippen molar-refractivity contribution in [1.29, 1.82) is 0 Å². The van der Waals surface area contributed by atoms with Crippen LogP contribution in [0.1, 0.15) is 5.56 Å². The normalized spacial score (nSPS) is 11.8. The van der Waals surface area contributed by atoms with Gasteiger partial charge in [-0.1, -0.05) is 30.3 Å². The number of carbonyl (C=O) groups excluding carboxylic acids is 1. The quantitative estimate of drug-likeness (QED) is 0.307. The second kappa shape index (κ2) is 6.34. The molecule has 0 saturated carbocycles. The molecule has 0 aliphatic carbocycles. The van der Waals surface area contributed by atoms with Crippen molar-refractivity contribution in [3.05, 3.63) is 53.6 Å². The molecule has 0 bridgehead atoms. The van der Waals surface area contributed by atoms with Crippen molar-refractivity contribution >= 4 is 59.5 Å². The summed E-state index contributed by atoms with van der Waals surface area (Å²) in [5.41, 5.74) is 0.954. The fourth-order valence-corrected chi connectivity index (χ4v) is 1.22. The van der Waals surface area contributed by atoms with Crippen LogP contribution in [0, 0.1) is 6.57 Å². The molecule has 0 radical (unpaired) electrons. The third-order valence-corrected chi connectivity index (χ3v) is 2.67. The number of ether oxygens (including phenoxy) is 1. The first-order valence-corrected chi connectivity index (χ1v) is 6.74. The van der Waals surface area contributed by atoms with Crippen LogP contribution in [0.3, 0.4) is 0 Å². The van der Waals surface area contributed by atoms with Gasteiger partial charge in [0.1, 0.15) is 6.26 Å². The van der Waals surface area contributed by atoms with Gasteiger partial charge in [-0.15, -0.1) is 0 Å². The van der Waals surface area contributed by atoms with E-state index in [4.69, 9.17) is 11.3 Å². The van der Waals surface area contributed by atoms with Crippen molar-refractivity contribution < 1.29 is 9.53 Å². The van der Waals surface area contributed by atoms with Crippen molar-refractivity contribution in [3.8, 4) is 0 Å². The lowest BCUT2D eigenvalue weighted by Gasteiger charge is -2.08. The molecule has 1 rings (SSSR count). The number of esters is 1. The lowest BCUT2D eigenvalue weighted by atomic mass is 10.2. The van der Waals surface area contributed by atoms with Crippen LogP contribution < -0.4 is 0 Å². The molecule has 0 N–H and O–H groups in total. The molecule has 17 heavy (non-hydrogen) atoms. The second-order valence-corrected chi connectivity index (χ2v) is 9.64. The molecule has 0 aliphatic heterocycles. The second-order valence-electron chi connectivity index (χ2n) is 2.88. The van der Waals surface area contributed by atoms with Crippen molar-refractivity contribution in [2.45, 2.75) is 2.14 Å². The highest BCUT2D eigenvalue weighted by atomic mass is 80.0. The molecule has 0 saturated heterocycles. The lowest BCUT2D eigenvalue weighted by Crippen LogP contribution is -2.17. The number of carbonyl (C=O) groups is 1. The van der Waals surface area contributed by atoms with Crippen LogP contribution in [0.2, 0.25) is 0 Å². The van der Waals surface area contributed by atoms with E-state index in [9.17, 15) is 4.79 Å². The molecule has 3 nitrogen and oxygen atoms in total. The topological polar surface area (TPSA) is 30.7 Å². The van der Waals surface area contributed by atoms with Crippen molar-refractivity contribution in [3.63, 3.8) is 0 Å². The van der Waals surface area contributed by atoms with Gasteiger partial charge in [0, 0.05) is 0 Å². The van der Waals surface area contributed by atoms with E-state index >= 15 is 0 Å². The minimum absolute atomic E-state index is 0.260. The number of halogens is 3.